The molecular formula is C8H3Cl2F5. The van der Waals surface area contributed by atoms with Crippen molar-refractivity contribution in [3.8, 4) is 0 Å². The Balaban J connectivity index is 3.42. The SMILES string of the molecule is FC(F)c1cc(Cl)c(Cl)cc1C(F)(F)F. The molecule has 0 N–H and O–H groups in total. The maximum absolute atomic E-state index is 12.3. The quantitative estimate of drug-likeness (QED) is 0.630. The van der Waals surface area contributed by atoms with Gasteiger partial charge in [0.15, 0.2) is 0 Å². The molecule has 0 fully saturated rings. The van der Waals surface area contributed by atoms with Crippen molar-refractivity contribution in [2.24, 2.45) is 0 Å². The summed E-state index contributed by atoms with van der Waals surface area (Å²) in [6.45, 7) is 0. The fourth-order valence-corrected chi connectivity index (χ4v) is 1.32. The van der Waals surface area contributed by atoms with Gasteiger partial charge in [-0.25, -0.2) is 8.78 Å². The molecule has 0 aliphatic rings. The second kappa shape index (κ2) is 4.14. The van der Waals surface area contributed by atoms with Crippen molar-refractivity contribution in [3.63, 3.8) is 0 Å². The molecule has 0 radical (unpaired) electrons. The predicted octanol–water partition coefficient (Wildman–Crippen LogP) is 4.95. The van der Waals surface area contributed by atoms with Crippen LogP contribution in [0.1, 0.15) is 17.6 Å². The summed E-state index contributed by atoms with van der Waals surface area (Å²) in [4.78, 5) is 0. The highest BCUT2D eigenvalue weighted by atomic mass is 35.5. The van der Waals surface area contributed by atoms with Crippen molar-refractivity contribution in [2.45, 2.75) is 12.6 Å². The zero-order chi connectivity index (χ0) is 11.8. The van der Waals surface area contributed by atoms with Crippen LogP contribution in [0.15, 0.2) is 12.1 Å². The lowest BCUT2D eigenvalue weighted by Gasteiger charge is -2.13. The first kappa shape index (κ1) is 12.5. The molecule has 0 saturated carbocycles. The van der Waals surface area contributed by atoms with Crippen molar-refractivity contribution < 1.29 is 22.0 Å². The Morgan fingerprint density at radius 2 is 1.47 bits per heavy atom. The fourth-order valence-electron chi connectivity index (χ4n) is 0.988. The zero-order valence-corrected chi connectivity index (χ0v) is 8.39. The lowest BCUT2D eigenvalue weighted by Crippen LogP contribution is -2.09. The van der Waals surface area contributed by atoms with Gasteiger partial charge in [-0.15, -0.1) is 0 Å². The van der Waals surface area contributed by atoms with Crippen LogP contribution in [0.4, 0.5) is 22.0 Å². The second-order valence-electron chi connectivity index (χ2n) is 2.65. The fraction of sp³-hybridized carbons (Fsp3) is 0.250. The number of hydrogen-bond donors (Lipinski definition) is 0. The van der Waals surface area contributed by atoms with E-state index in [-0.39, 0.29) is 5.02 Å². The number of benzene rings is 1. The summed E-state index contributed by atoms with van der Waals surface area (Å²) >= 11 is 10.7. The topological polar surface area (TPSA) is 0 Å². The second-order valence-corrected chi connectivity index (χ2v) is 3.47. The van der Waals surface area contributed by atoms with Gasteiger partial charge in [-0.1, -0.05) is 23.2 Å². The van der Waals surface area contributed by atoms with Gasteiger partial charge in [0.05, 0.1) is 15.6 Å². The van der Waals surface area contributed by atoms with Crippen LogP contribution >= 0.6 is 23.2 Å². The third-order valence-corrected chi connectivity index (χ3v) is 2.36. The summed E-state index contributed by atoms with van der Waals surface area (Å²) in [6.07, 6.45) is -8.13. The molecule has 0 unspecified atom stereocenters. The summed E-state index contributed by atoms with van der Waals surface area (Å²) in [7, 11) is 0. The van der Waals surface area contributed by atoms with Crippen LogP contribution in [0, 0.1) is 0 Å². The first-order valence-electron chi connectivity index (χ1n) is 3.57. The Hall–Kier alpha value is -0.550. The minimum Gasteiger partial charge on any atom is -0.205 e. The lowest BCUT2D eigenvalue weighted by atomic mass is 10.1. The Morgan fingerprint density at radius 1 is 1.00 bits per heavy atom. The van der Waals surface area contributed by atoms with Crippen molar-refractivity contribution in [1.29, 1.82) is 0 Å². The van der Waals surface area contributed by atoms with E-state index in [0.717, 1.165) is 0 Å². The van der Waals surface area contributed by atoms with E-state index in [9.17, 15) is 22.0 Å². The van der Waals surface area contributed by atoms with Crippen molar-refractivity contribution >= 4 is 23.2 Å². The van der Waals surface area contributed by atoms with Gasteiger partial charge in [0.1, 0.15) is 0 Å². The van der Waals surface area contributed by atoms with E-state index < -0.39 is 28.8 Å². The van der Waals surface area contributed by atoms with Gasteiger partial charge in [0.25, 0.3) is 6.43 Å². The molecule has 0 atom stereocenters. The molecule has 0 spiro atoms. The number of rotatable bonds is 1. The lowest BCUT2D eigenvalue weighted by molar-refractivity contribution is -0.139. The Kier molecular flexibility index (Phi) is 3.45. The molecule has 1 aromatic rings. The van der Waals surface area contributed by atoms with Crippen LogP contribution in [0.25, 0.3) is 0 Å². The van der Waals surface area contributed by atoms with Crippen LogP contribution in [-0.4, -0.2) is 0 Å². The number of alkyl halides is 5. The van der Waals surface area contributed by atoms with Gasteiger partial charge in [0.2, 0.25) is 0 Å². The van der Waals surface area contributed by atoms with Crippen LogP contribution in [0.5, 0.6) is 0 Å². The highest BCUT2D eigenvalue weighted by molar-refractivity contribution is 6.42. The normalized spacial score (nSPS) is 12.3. The standard InChI is InChI=1S/C8H3Cl2F5/c9-5-1-3(7(11)12)4(2-6(5)10)8(13,14)15/h1-2,7H. The monoisotopic (exact) mass is 264 g/mol. The van der Waals surface area contributed by atoms with E-state index in [0.29, 0.717) is 12.1 Å². The van der Waals surface area contributed by atoms with E-state index in [4.69, 9.17) is 23.2 Å². The number of halogens is 7. The third-order valence-electron chi connectivity index (χ3n) is 1.63. The third kappa shape index (κ3) is 2.72. The molecule has 0 heterocycles. The van der Waals surface area contributed by atoms with E-state index in [2.05, 4.69) is 0 Å². The summed E-state index contributed by atoms with van der Waals surface area (Å²) in [5.74, 6) is 0. The Labute approximate surface area is 91.6 Å². The van der Waals surface area contributed by atoms with Crippen molar-refractivity contribution in [1.82, 2.24) is 0 Å². The van der Waals surface area contributed by atoms with Gasteiger partial charge >= 0.3 is 6.18 Å². The summed E-state index contributed by atoms with van der Waals surface area (Å²) in [6, 6.07) is 0.919. The average molecular weight is 265 g/mol. The van der Waals surface area contributed by atoms with Crippen molar-refractivity contribution in [2.75, 3.05) is 0 Å². The average Bonchev–Trinajstić information content (AvgIpc) is 2.06. The Morgan fingerprint density at radius 3 is 1.87 bits per heavy atom. The molecule has 7 heteroatoms. The summed E-state index contributed by atoms with van der Waals surface area (Å²) in [5.41, 5.74) is -2.64. The first-order chi connectivity index (χ1) is 6.73. The first-order valence-corrected chi connectivity index (χ1v) is 4.33. The smallest absolute Gasteiger partial charge is 0.205 e. The molecule has 1 aromatic carbocycles. The molecule has 0 aliphatic heterocycles. The van der Waals surface area contributed by atoms with E-state index >= 15 is 0 Å². The minimum atomic E-state index is -4.88. The summed E-state index contributed by atoms with van der Waals surface area (Å²) < 4.78 is 61.4. The molecule has 84 valence electrons. The largest absolute Gasteiger partial charge is 0.416 e. The summed E-state index contributed by atoms with van der Waals surface area (Å²) in [5, 5.41) is -0.742. The van der Waals surface area contributed by atoms with Gasteiger partial charge < -0.3 is 0 Å². The highest BCUT2D eigenvalue weighted by Gasteiger charge is 2.36. The van der Waals surface area contributed by atoms with E-state index in [1.54, 1.807) is 0 Å². The van der Waals surface area contributed by atoms with Gasteiger partial charge in [-0.3, -0.25) is 0 Å². The van der Waals surface area contributed by atoms with Crippen LogP contribution < -0.4 is 0 Å². The molecule has 15 heavy (non-hydrogen) atoms. The Bertz CT molecular complexity index is 372. The molecule has 0 bridgehead atoms. The van der Waals surface area contributed by atoms with E-state index in [1.807, 2.05) is 0 Å². The molecule has 0 saturated heterocycles. The molecule has 0 nitrogen and oxygen atoms in total. The van der Waals surface area contributed by atoms with Crippen molar-refractivity contribution in [3.05, 3.63) is 33.3 Å². The predicted molar refractivity (Wildman–Crippen MR) is 46.4 cm³/mol. The molecule has 0 aromatic heterocycles. The maximum atomic E-state index is 12.3. The van der Waals surface area contributed by atoms with Gasteiger partial charge in [0, 0.05) is 5.56 Å². The highest BCUT2D eigenvalue weighted by Crippen LogP contribution is 2.40. The van der Waals surface area contributed by atoms with Crippen LogP contribution in [0.3, 0.4) is 0 Å². The molecule has 0 aliphatic carbocycles. The van der Waals surface area contributed by atoms with E-state index in [1.165, 1.54) is 0 Å². The van der Waals surface area contributed by atoms with Gasteiger partial charge in [-0.2, -0.15) is 13.2 Å². The molecular weight excluding hydrogens is 262 g/mol. The number of hydrogen-bond acceptors (Lipinski definition) is 0. The minimum absolute atomic E-state index is 0.333. The zero-order valence-electron chi connectivity index (χ0n) is 6.88. The maximum Gasteiger partial charge on any atom is 0.416 e. The molecule has 0 amide bonds. The van der Waals surface area contributed by atoms with Gasteiger partial charge in [-0.05, 0) is 12.1 Å². The molecule has 1 rings (SSSR count). The van der Waals surface area contributed by atoms with Crippen LogP contribution in [0.2, 0.25) is 10.0 Å². The van der Waals surface area contributed by atoms with Crippen LogP contribution in [-0.2, 0) is 6.18 Å².